The summed E-state index contributed by atoms with van der Waals surface area (Å²) in [5, 5.41) is 23.3. The lowest BCUT2D eigenvalue weighted by Gasteiger charge is -2.22. The second kappa shape index (κ2) is 68.8. The lowest BCUT2D eigenvalue weighted by atomic mass is 10.0. The summed E-state index contributed by atoms with van der Waals surface area (Å²) in [6, 6.07) is -0.538. The van der Waals surface area contributed by atoms with Crippen LogP contribution in [0.2, 0.25) is 0 Å². The molecule has 0 spiro atoms. The van der Waals surface area contributed by atoms with Gasteiger partial charge in [-0.3, -0.25) is 9.59 Å². The van der Waals surface area contributed by atoms with E-state index in [1.165, 1.54) is 327 Å². The number of unbranched alkanes of at least 4 members (excludes halogenated alkanes) is 53. The van der Waals surface area contributed by atoms with E-state index in [-0.39, 0.29) is 18.5 Å². The van der Waals surface area contributed by atoms with Crippen molar-refractivity contribution in [1.29, 1.82) is 0 Å². The minimum absolute atomic E-state index is 0.0107. The minimum Gasteiger partial charge on any atom is -0.466 e. The van der Waals surface area contributed by atoms with E-state index in [1.807, 2.05) is 0 Å². The highest BCUT2D eigenvalue weighted by atomic mass is 16.5. The van der Waals surface area contributed by atoms with Crippen molar-refractivity contribution in [1.82, 2.24) is 5.32 Å². The molecule has 2 unspecified atom stereocenters. The zero-order valence-corrected chi connectivity index (χ0v) is 53.6. The van der Waals surface area contributed by atoms with Crippen molar-refractivity contribution in [2.24, 2.45) is 0 Å². The van der Waals surface area contributed by atoms with E-state index in [4.69, 9.17) is 4.74 Å². The van der Waals surface area contributed by atoms with Gasteiger partial charge in [-0.05, 0) is 77.0 Å². The maximum atomic E-state index is 12.5. The van der Waals surface area contributed by atoms with Crippen LogP contribution in [0.25, 0.3) is 0 Å². The Balaban J connectivity index is 3.34. The Morgan fingerprint density at radius 2 is 0.595 bits per heavy atom. The maximum absolute atomic E-state index is 12.5. The van der Waals surface area contributed by atoms with Gasteiger partial charge in [0, 0.05) is 12.8 Å². The lowest BCUT2D eigenvalue weighted by molar-refractivity contribution is -0.143. The fraction of sp³-hybridized carbons (Fsp3) is 0.918. The summed E-state index contributed by atoms with van der Waals surface area (Å²) in [5.41, 5.74) is 0. The first kappa shape index (κ1) is 77.3. The molecule has 468 valence electrons. The van der Waals surface area contributed by atoms with Crippen LogP contribution in [0.1, 0.15) is 406 Å². The molecule has 0 aromatic carbocycles. The van der Waals surface area contributed by atoms with Gasteiger partial charge in [0.2, 0.25) is 5.91 Å². The molecule has 0 radical (unpaired) electrons. The second-order valence-corrected chi connectivity index (χ2v) is 24.9. The Morgan fingerprint density at radius 3 is 0.899 bits per heavy atom. The number of hydrogen-bond acceptors (Lipinski definition) is 5. The topological polar surface area (TPSA) is 95.9 Å². The molecule has 0 aliphatic rings. The first-order valence-corrected chi connectivity index (χ1v) is 36.1. The summed E-state index contributed by atoms with van der Waals surface area (Å²) in [7, 11) is 0. The summed E-state index contributed by atoms with van der Waals surface area (Å²) in [6.45, 7) is 4.97. The van der Waals surface area contributed by atoms with Crippen LogP contribution in [0.5, 0.6) is 0 Å². The predicted octanol–water partition coefficient (Wildman–Crippen LogP) is 23.3. The highest BCUT2D eigenvalue weighted by Gasteiger charge is 2.20. The number of aliphatic hydroxyl groups is 2. The zero-order valence-electron chi connectivity index (χ0n) is 53.6. The fourth-order valence-electron chi connectivity index (χ4n) is 11.5. The first-order valence-electron chi connectivity index (χ1n) is 36.1. The van der Waals surface area contributed by atoms with Gasteiger partial charge in [0.1, 0.15) is 0 Å². The number of carbonyl (C=O) groups is 2. The number of ether oxygens (including phenoxy) is 1. The molecule has 0 bridgehead atoms. The van der Waals surface area contributed by atoms with Crippen LogP contribution < -0.4 is 5.32 Å². The monoisotopic (exact) mass is 1110 g/mol. The first-order chi connectivity index (χ1) is 39.0. The largest absolute Gasteiger partial charge is 0.466 e. The van der Waals surface area contributed by atoms with Gasteiger partial charge in [0.05, 0.1) is 25.4 Å². The number of hydrogen-bond donors (Lipinski definition) is 3. The van der Waals surface area contributed by atoms with E-state index in [2.05, 4.69) is 43.5 Å². The maximum Gasteiger partial charge on any atom is 0.305 e. The molecule has 2 atom stereocenters. The van der Waals surface area contributed by atoms with Gasteiger partial charge in [-0.1, -0.05) is 340 Å². The molecule has 0 aliphatic carbocycles. The molecular weight excluding hydrogens is 971 g/mol. The molecule has 3 N–H and O–H groups in total. The van der Waals surface area contributed by atoms with E-state index in [9.17, 15) is 19.8 Å². The Hall–Kier alpha value is -1.66. The third kappa shape index (κ3) is 65.4. The van der Waals surface area contributed by atoms with Gasteiger partial charge in [-0.25, -0.2) is 0 Å². The van der Waals surface area contributed by atoms with E-state index >= 15 is 0 Å². The lowest BCUT2D eigenvalue weighted by Crippen LogP contribution is -2.45. The van der Waals surface area contributed by atoms with Crippen LogP contribution in [0.3, 0.4) is 0 Å². The predicted molar refractivity (Wildman–Crippen MR) is 347 cm³/mol. The molecule has 6 nitrogen and oxygen atoms in total. The third-order valence-electron chi connectivity index (χ3n) is 17.0. The number of allylic oxidation sites excluding steroid dienone is 4. The molecule has 0 saturated carbocycles. The van der Waals surface area contributed by atoms with Crippen LogP contribution in [-0.2, 0) is 14.3 Å². The Morgan fingerprint density at radius 1 is 0.342 bits per heavy atom. The highest BCUT2D eigenvalue weighted by Crippen LogP contribution is 2.19. The standard InChI is InChI=1S/C73H141NO5/c1-3-5-7-9-11-13-15-17-38-41-45-49-53-57-61-65-71(76)70(69-75)74-72(77)66-62-58-54-50-46-42-39-36-34-32-30-28-26-24-22-20-19-21-23-25-27-29-31-33-35-37-40-44-48-52-56-60-64-68-79-73(78)67-63-59-55-51-47-43-18-16-14-12-10-8-6-4-2/h16,18,23,25,70-71,75-76H,3-15,17,19-22,24,26-69H2,1-2H3,(H,74,77)/b18-16-,25-23-. The van der Waals surface area contributed by atoms with Crippen molar-refractivity contribution < 1.29 is 24.5 Å². The summed E-state index contributed by atoms with van der Waals surface area (Å²) in [5.74, 6) is -0.0181. The summed E-state index contributed by atoms with van der Waals surface area (Å²) >= 11 is 0. The van der Waals surface area contributed by atoms with E-state index < -0.39 is 12.1 Å². The molecule has 79 heavy (non-hydrogen) atoms. The number of esters is 1. The Bertz CT molecular complexity index is 1230. The van der Waals surface area contributed by atoms with E-state index in [0.717, 1.165) is 44.9 Å². The van der Waals surface area contributed by atoms with Crippen molar-refractivity contribution in [2.45, 2.75) is 418 Å². The van der Waals surface area contributed by atoms with Crippen molar-refractivity contribution >= 4 is 11.9 Å². The average Bonchev–Trinajstić information content (AvgIpc) is 3.45. The van der Waals surface area contributed by atoms with Crippen LogP contribution in [-0.4, -0.2) is 47.4 Å². The smallest absolute Gasteiger partial charge is 0.305 e. The summed E-state index contributed by atoms with van der Waals surface area (Å²) < 4.78 is 5.49. The van der Waals surface area contributed by atoms with Crippen molar-refractivity contribution in [3.63, 3.8) is 0 Å². The molecule has 0 heterocycles. The molecule has 0 fully saturated rings. The summed E-state index contributed by atoms with van der Waals surface area (Å²) in [4.78, 5) is 24.6. The van der Waals surface area contributed by atoms with Gasteiger partial charge in [-0.15, -0.1) is 0 Å². The average molecular weight is 1110 g/mol. The van der Waals surface area contributed by atoms with Gasteiger partial charge in [0.25, 0.3) is 0 Å². The number of aliphatic hydroxyl groups excluding tert-OH is 2. The van der Waals surface area contributed by atoms with Crippen LogP contribution in [0, 0.1) is 0 Å². The molecule has 1 amide bonds. The van der Waals surface area contributed by atoms with Crippen molar-refractivity contribution in [2.75, 3.05) is 13.2 Å². The Labute approximate surface area is 494 Å². The number of rotatable bonds is 68. The molecule has 0 rings (SSSR count). The molecule has 6 heteroatoms. The number of amides is 1. The number of carbonyl (C=O) groups excluding carboxylic acids is 2. The van der Waals surface area contributed by atoms with Gasteiger partial charge in [0.15, 0.2) is 0 Å². The van der Waals surface area contributed by atoms with E-state index in [1.54, 1.807) is 0 Å². The van der Waals surface area contributed by atoms with Crippen LogP contribution in [0.4, 0.5) is 0 Å². The van der Waals surface area contributed by atoms with Crippen LogP contribution in [0.15, 0.2) is 24.3 Å². The van der Waals surface area contributed by atoms with Crippen molar-refractivity contribution in [3.05, 3.63) is 24.3 Å². The molecule has 0 aromatic heterocycles. The Kier molecular flexibility index (Phi) is 67.4. The molecular formula is C73H141NO5. The fourth-order valence-corrected chi connectivity index (χ4v) is 11.5. The summed E-state index contributed by atoms with van der Waals surface area (Å²) in [6.07, 6.45) is 86.7. The van der Waals surface area contributed by atoms with Gasteiger partial charge in [-0.2, -0.15) is 0 Å². The SMILES string of the molecule is CCCCCCC/C=C\CCCCCCCC(=O)OCCCCCCCCCCCCCC/C=C\CCCCCCCCCCCCCCCCCCCC(=O)NC(CO)C(O)CCCCCCCCCCCCCCCCC. The second-order valence-electron chi connectivity index (χ2n) is 24.9. The number of nitrogens with one attached hydrogen (secondary N) is 1. The molecule has 0 saturated heterocycles. The highest BCUT2D eigenvalue weighted by molar-refractivity contribution is 5.76. The molecule has 0 aliphatic heterocycles. The van der Waals surface area contributed by atoms with Gasteiger partial charge < -0.3 is 20.3 Å². The third-order valence-corrected chi connectivity index (χ3v) is 17.0. The minimum atomic E-state index is -0.661. The quantitative estimate of drug-likeness (QED) is 0.0320. The zero-order chi connectivity index (χ0) is 57.1. The molecule has 0 aromatic rings. The normalized spacial score (nSPS) is 12.6. The van der Waals surface area contributed by atoms with Crippen molar-refractivity contribution in [3.8, 4) is 0 Å². The van der Waals surface area contributed by atoms with Crippen LogP contribution >= 0.6 is 0 Å². The van der Waals surface area contributed by atoms with E-state index in [0.29, 0.717) is 25.9 Å². The van der Waals surface area contributed by atoms with Gasteiger partial charge >= 0.3 is 5.97 Å².